The Bertz CT molecular complexity index is 502. The summed E-state index contributed by atoms with van der Waals surface area (Å²) >= 11 is 7.60. The largest absolute Gasteiger partial charge is 0.309 e. The molecule has 0 spiro atoms. The van der Waals surface area contributed by atoms with E-state index in [0.29, 0.717) is 11.1 Å². The number of halogens is 1. The van der Waals surface area contributed by atoms with E-state index in [1.807, 2.05) is 18.2 Å². The second-order valence-electron chi connectivity index (χ2n) is 4.54. The molecule has 1 heterocycles. The molecule has 0 saturated heterocycles. The van der Waals surface area contributed by atoms with Gasteiger partial charge in [-0.05, 0) is 30.7 Å². The Labute approximate surface area is 130 Å². The van der Waals surface area contributed by atoms with Crippen LogP contribution in [0.3, 0.4) is 0 Å². The number of thioether (sulfide) groups is 1. The van der Waals surface area contributed by atoms with Gasteiger partial charge in [-0.3, -0.25) is 0 Å². The van der Waals surface area contributed by atoms with E-state index < -0.39 is 0 Å². The van der Waals surface area contributed by atoms with Crippen LogP contribution in [0.25, 0.3) is 0 Å². The van der Waals surface area contributed by atoms with Crippen LogP contribution in [0.5, 0.6) is 0 Å². The van der Waals surface area contributed by atoms with Crippen LogP contribution in [0.4, 0.5) is 0 Å². The van der Waals surface area contributed by atoms with Gasteiger partial charge >= 0.3 is 0 Å². The molecule has 0 fully saturated rings. The number of rotatable bonds is 7. The fourth-order valence-electron chi connectivity index (χ4n) is 1.89. The first kappa shape index (κ1) is 15.4. The van der Waals surface area contributed by atoms with Crippen molar-refractivity contribution in [3.05, 3.63) is 59.2 Å². The molecule has 0 aliphatic heterocycles. The third kappa shape index (κ3) is 4.82. The van der Waals surface area contributed by atoms with Gasteiger partial charge in [-0.25, -0.2) is 4.98 Å². The summed E-state index contributed by atoms with van der Waals surface area (Å²) in [4.78, 5) is 4.33. The fourth-order valence-corrected chi connectivity index (χ4v) is 2.94. The fraction of sp³-hybridized carbons (Fsp3) is 0.312. The molecule has 1 N–H and O–H groups in total. The lowest BCUT2D eigenvalue weighted by Crippen LogP contribution is -2.24. The van der Waals surface area contributed by atoms with Crippen molar-refractivity contribution in [1.29, 1.82) is 0 Å². The monoisotopic (exact) mass is 306 g/mol. The van der Waals surface area contributed by atoms with Crippen LogP contribution >= 0.6 is 23.4 Å². The van der Waals surface area contributed by atoms with Crippen LogP contribution in [0.2, 0.25) is 5.02 Å². The van der Waals surface area contributed by atoms with Gasteiger partial charge in [-0.2, -0.15) is 0 Å². The van der Waals surface area contributed by atoms with Crippen molar-refractivity contribution in [1.82, 2.24) is 10.3 Å². The Morgan fingerprint density at radius 2 is 2.00 bits per heavy atom. The average Bonchev–Trinajstić information content (AvgIpc) is 2.50. The van der Waals surface area contributed by atoms with Gasteiger partial charge < -0.3 is 5.32 Å². The molecule has 1 atom stereocenters. The maximum atomic E-state index is 5.85. The minimum absolute atomic E-state index is 0.346. The Morgan fingerprint density at radius 3 is 2.65 bits per heavy atom. The molecule has 4 heteroatoms. The summed E-state index contributed by atoms with van der Waals surface area (Å²) in [5, 5.41) is 5.28. The molecule has 0 aliphatic rings. The number of nitrogens with zero attached hydrogens (tertiary/aromatic N) is 1. The number of pyridine rings is 1. The standard InChI is InChI=1S/C16H19ClN2S/c1-2-10-18-15(13-6-4-3-5-7-13)12-20-16-9-8-14(17)11-19-16/h3-9,11,15,18H,2,10,12H2,1H3. The zero-order valence-corrected chi connectivity index (χ0v) is 13.1. The first-order chi connectivity index (χ1) is 9.79. The number of aromatic nitrogens is 1. The van der Waals surface area contributed by atoms with Gasteiger partial charge in [0, 0.05) is 18.0 Å². The van der Waals surface area contributed by atoms with E-state index in [1.165, 1.54) is 5.56 Å². The third-order valence-corrected chi connectivity index (χ3v) is 4.20. The predicted molar refractivity (Wildman–Crippen MR) is 87.4 cm³/mol. The Kier molecular flexibility index (Phi) is 6.37. The molecule has 2 aromatic rings. The lowest BCUT2D eigenvalue weighted by Gasteiger charge is -2.18. The first-order valence-electron chi connectivity index (χ1n) is 6.82. The van der Waals surface area contributed by atoms with Crippen molar-refractivity contribution >= 4 is 23.4 Å². The van der Waals surface area contributed by atoms with Gasteiger partial charge in [0.2, 0.25) is 0 Å². The SMILES string of the molecule is CCCNC(CSc1ccc(Cl)cn1)c1ccccc1. The van der Waals surface area contributed by atoms with Gasteiger partial charge in [0.05, 0.1) is 10.0 Å². The van der Waals surface area contributed by atoms with E-state index in [1.54, 1.807) is 18.0 Å². The molecule has 0 amide bonds. The van der Waals surface area contributed by atoms with E-state index in [2.05, 4.69) is 41.5 Å². The van der Waals surface area contributed by atoms with Crippen LogP contribution in [-0.4, -0.2) is 17.3 Å². The molecular weight excluding hydrogens is 288 g/mol. The molecule has 0 radical (unpaired) electrons. The summed E-state index contributed by atoms with van der Waals surface area (Å²) < 4.78 is 0. The zero-order chi connectivity index (χ0) is 14.2. The van der Waals surface area contributed by atoms with Crippen LogP contribution in [0.15, 0.2) is 53.7 Å². The van der Waals surface area contributed by atoms with E-state index in [9.17, 15) is 0 Å². The predicted octanol–water partition coefficient (Wildman–Crippen LogP) is 4.57. The van der Waals surface area contributed by atoms with Crippen LogP contribution in [-0.2, 0) is 0 Å². The maximum Gasteiger partial charge on any atom is 0.0961 e. The quantitative estimate of drug-likeness (QED) is 0.759. The molecule has 20 heavy (non-hydrogen) atoms. The highest BCUT2D eigenvalue weighted by atomic mass is 35.5. The van der Waals surface area contributed by atoms with Crippen molar-refractivity contribution in [2.75, 3.05) is 12.3 Å². The summed E-state index contributed by atoms with van der Waals surface area (Å²) in [7, 11) is 0. The van der Waals surface area contributed by atoms with Gasteiger partial charge in [-0.15, -0.1) is 11.8 Å². The molecule has 1 unspecified atom stereocenters. The minimum Gasteiger partial charge on any atom is -0.309 e. The molecule has 0 aliphatic carbocycles. The summed E-state index contributed by atoms with van der Waals surface area (Å²) in [6, 6.07) is 14.8. The zero-order valence-electron chi connectivity index (χ0n) is 11.6. The second kappa shape index (κ2) is 8.30. The van der Waals surface area contributed by atoms with Crippen molar-refractivity contribution in [2.45, 2.75) is 24.4 Å². The number of benzene rings is 1. The van der Waals surface area contributed by atoms with E-state index >= 15 is 0 Å². The van der Waals surface area contributed by atoms with Crippen molar-refractivity contribution in [3.63, 3.8) is 0 Å². The van der Waals surface area contributed by atoms with E-state index in [-0.39, 0.29) is 0 Å². The van der Waals surface area contributed by atoms with Gasteiger partial charge in [0.25, 0.3) is 0 Å². The minimum atomic E-state index is 0.346. The number of hydrogen-bond acceptors (Lipinski definition) is 3. The summed E-state index contributed by atoms with van der Waals surface area (Å²) in [6.45, 7) is 3.21. The van der Waals surface area contributed by atoms with Crippen molar-refractivity contribution in [2.24, 2.45) is 0 Å². The highest BCUT2D eigenvalue weighted by Crippen LogP contribution is 2.24. The normalized spacial score (nSPS) is 12.3. The smallest absolute Gasteiger partial charge is 0.0961 e. The number of nitrogens with one attached hydrogen (secondary N) is 1. The highest BCUT2D eigenvalue weighted by Gasteiger charge is 2.11. The first-order valence-corrected chi connectivity index (χ1v) is 8.18. The third-order valence-electron chi connectivity index (χ3n) is 2.94. The summed E-state index contributed by atoms with van der Waals surface area (Å²) in [6.07, 6.45) is 2.83. The molecule has 106 valence electrons. The van der Waals surface area contributed by atoms with Crippen LogP contribution < -0.4 is 5.32 Å². The molecule has 2 rings (SSSR count). The van der Waals surface area contributed by atoms with Crippen molar-refractivity contribution < 1.29 is 0 Å². The maximum absolute atomic E-state index is 5.85. The molecule has 1 aromatic carbocycles. The highest BCUT2D eigenvalue weighted by molar-refractivity contribution is 7.99. The van der Waals surface area contributed by atoms with E-state index in [4.69, 9.17) is 11.6 Å². The molecular formula is C16H19ClN2S. The topological polar surface area (TPSA) is 24.9 Å². The molecule has 0 bridgehead atoms. The molecule has 0 saturated carbocycles. The average molecular weight is 307 g/mol. The molecule has 1 aromatic heterocycles. The van der Waals surface area contributed by atoms with Gasteiger partial charge in [0.1, 0.15) is 0 Å². The lowest BCUT2D eigenvalue weighted by molar-refractivity contribution is 0.577. The number of hydrogen-bond donors (Lipinski definition) is 1. The van der Waals surface area contributed by atoms with E-state index in [0.717, 1.165) is 23.7 Å². The van der Waals surface area contributed by atoms with Crippen LogP contribution in [0.1, 0.15) is 24.9 Å². The van der Waals surface area contributed by atoms with Crippen molar-refractivity contribution in [3.8, 4) is 0 Å². The second-order valence-corrected chi connectivity index (χ2v) is 6.02. The van der Waals surface area contributed by atoms with Crippen LogP contribution in [0, 0.1) is 0 Å². The molecule has 2 nitrogen and oxygen atoms in total. The van der Waals surface area contributed by atoms with Gasteiger partial charge in [-0.1, -0.05) is 48.9 Å². The summed E-state index contributed by atoms with van der Waals surface area (Å²) in [5.41, 5.74) is 1.32. The Hall–Kier alpha value is -1.03. The van der Waals surface area contributed by atoms with Gasteiger partial charge in [0.15, 0.2) is 0 Å². The Balaban J connectivity index is 1.99. The summed E-state index contributed by atoms with van der Waals surface area (Å²) in [5.74, 6) is 0.957. The Morgan fingerprint density at radius 1 is 1.20 bits per heavy atom. The lowest BCUT2D eigenvalue weighted by atomic mass is 10.1.